The summed E-state index contributed by atoms with van der Waals surface area (Å²) in [6.45, 7) is 4.47. The number of benzene rings is 2. The standard InChI is InChI=1S/C24H28N4O5S/c1-4-15(2)22(26-23-17-8-5-6-9-20(17)34(31,32)27-23)24(30)25-16-11-12-18(19(14-16)33-3)28-13-7-10-21(28)29/h5-6,8-9,11-12,14-15,22H,4,7,10,13H2,1-3H3,(H,25,30)(H,26,27)/t15-,22-/m0/s1. The molecule has 2 aromatic rings. The highest BCUT2D eigenvalue weighted by molar-refractivity contribution is 7.90. The monoisotopic (exact) mass is 484 g/mol. The molecule has 0 spiro atoms. The lowest BCUT2D eigenvalue weighted by Gasteiger charge is -2.21. The molecule has 4 rings (SSSR count). The second-order valence-corrected chi connectivity index (χ2v) is 10.1. The summed E-state index contributed by atoms with van der Waals surface area (Å²) in [6, 6.07) is 10.9. The predicted octanol–water partition coefficient (Wildman–Crippen LogP) is 2.91. The van der Waals surface area contributed by atoms with Crippen molar-refractivity contribution in [2.75, 3.05) is 23.9 Å². The van der Waals surface area contributed by atoms with Gasteiger partial charge in [-0.05, 0) is 36.6 Å². The minimum absolute atomic E-state index is 0.0436. The summed E-state index contributed by atoms with van der Waals surface area (Å²) in [6.07, 6.45) is 1.97. The van der Waals surface area contributed by atoms with Crippen molar-refractivity contribution in [1.29, 1.82) is 0 Å². The Bertz CT molecular complexity index is 1260. The van der Waals surface area contributed by atoms with Crippen LogP contribution in [0.25, 0.3) is 0 Å². The van der Waals surface area contributed by atoms with E-state index in [2.05, 4.69) is 15.0 Å². The summed E-state index contributed by atoms with van der Waals surface area (Å²) >= 11 is 0. The van der Waals surface area contributed by atoms with E-state index < -0.39 is 16.1 Å². The molecule has 1 saturated heterocycles. The van der Waals surface area contributed by atoms with Crippen molar-refractivity contribution in [3.05, 3.63) is 48.0 Å². The fourth-order valence-corrected chi connectivity index (χ4v) is 5.37. The fourth-order valence-electron chi connectivity index (χ4n) is 4.13. The van der Waals surface area contributed by atoms with Crippen LogP contribution in [0.1, 0.15) is 38.7 Å². The highest BCUT2D eigenvalue weighted by Gasteiger charge is 2.33. The van der Waals surface area contributed by atoms with Crippen LogP contribution < -0.4 is 19.7 Å². The maximum atomic E-state index is 13.3. The molecule has 0 aliphatic carbocycles. The summed E-state index contributed by atoms with van der Waals surface area (Å²) < 4.78 is 32.8. The lowest BCUT2D eigenvalue weighted by Crippen LogP contribution is -2.35. The summed E-state index contributed by atoms with van der Waals surface area (Å²) in [4.78, 5) is 31.8. The number of nitrogens with zero attached hydrogens (tertiary/aromatic N) is 2. The van der Waals surface area contributed by atoms with Crippen molar-refractivity contribution in [3.8, 4) is 5.75 Å². The van der Waals surface area contributed by atoms with Gasteiger partial charge in [-0.2, -0.15) is 0 Å². The van der Waals surface area contributed by atoms with Gasteiger partial charge in [0.1, 0.15) is 17.6 Å². The van der Waals surface area contributed by atoms with Crippen LogP contribution in [0, 0.1) is 5.92 Å². The van der Waals surface area contributed by atoms with Crippen LogP contribution in [0.5, 0.6) is 5.75 Å². The van der Waals surface area contributed by atoms with Gasteiger partial charge in [-0.1, -0.05) is 32.4 Å². The number of anilines is 2. The third kappa shape index (κ3) is 4.50. The number of fused-ring (bicyclic) bond motifs is 1. The molecule has 2 heterocycles. The van der Waals surface area contributed by atoms with Crippen molar-refractivity contribution in [2.45, 2.75) is 44.0 Å². The minimum atomic E-state index is -3.71. The van der Waals surface area contributed by atoms with E-state index in [1.165, 1.54) is 13.2 Å². The van der Waals surface area contributed by atoms with Crippen LogP contribution >= 0.6 is 0 Å². The van der Waals surface area contributed by atoms with Crippen LogP contribution in [-0.2, 0) is 19.6 Å². The average Bonchev–Trinajstić information content (AvgIpc) is 3.37. The average molecular weight is 485 g/mol. The molecule has 0 saturated carbocycles. The Labute approximate surface area is 199 Å². The van der Waals surface area contributed by atoms with Crippen molar-refractivity contribution in [3.63, 3.8) is 0 Å². The van der Waals surface area contributed by atoms with Crippen LogP contribution in [-0.4, -0.2) is 45.8 Å². The van der Waals surface area contributed by atoms with Gasteiger partial charge >= 0.3 is 0 Å². The van der Waals surface area contributed by atoms with Crippen molar-refractivity contribution in [2.24, 2.45) is 10.9 Å². The van der Waals surface area contributed by atoms with E-state index in [0.29, 0.717) is 42.1 Å². The molecule has 0 aromatic heterocycles. The smallest absolute Gasteiger partial charge is 0.263 e. The van der Waals surface area contributed by atoms with E-state index in [1.54, 1.807) is 41.3 Å². The number of hydrogen-bond donors (Lipinski definition) is 2. The molecule has 2 amide bonds. The van der Waals surface area contributed by atoms with Crippen molar-refractivity contribution >= 4 is 39.0 Å². The van der Waals surface area contributed by atoms with Crippen molar-refractivity contribution < 1.29 is 22.7 Å². The fraction of sp³-hybridized carbons (Fsp3) is 0.375. The zero-order chi connectivity index (χ0) is 24.5. The molecule has 10 heteroatoms. The zero-order valence-electron chi connectivity index (χ0n) is 19.4. The Morgan fingerprint density at radius 3 is 2.71 bits per heavy atom. The lowest BCUT2D eigenvalue weighted by molar-refractivity contribution is -0.118. The van der Waals surface area contributed by atoms with E-state index in [0.717, 1.165) is 6.42 Å². The first-order valence-electron chi connectivity index (χ1n) is 11.2. The number of amides is 2. The Balaban J connectivity index is 1.61. The van der Waals surface area contributed by atoms with Gasteiger partial charge in [-0.15, -0.1) is 0 Å². The van der Waals surface area contributed by atoms with Gasteiger partial charge in [0.05, 0.1) is 17.7 Å². The molecule has 0 unspecified atom stereocenters. The van der Waals surface area contributed by atoms with Gasteiger partial charge in [-0.25, -0.2) is 8.42 Å². The number of carbonyl (C=O) groups is 2. The highest BCUT2D eigenvalue weighted by atomic mass is 32.2. The number of carbonyl (C=O) groups excluding carboxylic acids is 2. The first kappa shape index (κ1) is 23.7. The topological polar surface area (TPSA) is 117 Å². The number of hydrogen-bond acceptors (Lipinski definition) is 6. The zero-order valence-corrected chi connectivity index (χ0v) is 20.2. The van der Waals surface area contributed by atoms with E-state index in [-0.39, 0.29) is 28.5 Å². The molecule has 180 valence electrons. The molecule has 2 aromatic carbocycles. The Hall–Kier alpha value is -3.40. The molecular formula is C24H28N4O5S. The first-order valence-corrected chi connectivity index (χ1v) is 12.7. The molecule has 2 aliphatic rings. The molecule has 9 nitrogen and oxygen atoms in total. The minimum Gasteiger partial charge on any atom is -0.494 e. The number of aliphatic imine (C=N–C) groups is 1. The lowest BCUT2D eigenvalue weighted by atomic mass is 9.98. The van der Waals surface area contributed by atoms with E-state index in [9.17, 15) is 18.0 Å². The van der Waals surface area contributed by atoms with Crippen LogP contribution in [0.4, 0.5) is 11.4 Å². The first-order chi connectivity index (χ1) is 16.2. The van der Waals surface area contributed by atoms with E-state index in [4.69, 9.17) is 4.74 Å². The van der Waals surface area contributed by atoms with Crippen LogP contribution in [0.15, 0.2) is 52.4 Å². The normalized spacial score (nSPS) is 19.4. The predicted molar refractivity (Wildman–Crippen MR) is 130 cm³/mol. The molecule has 34 heavy (non-hydrogen) atoms. The number of nitrogens with one attached hydrogen (secondary N) is 2. The number of amidine groups is 1. The summed E-state index contributed by atoms with van der Waals surface area (Å²) in [5.41, 5.74) is 1.61. The number of ether oxygens (including phenoxy) is 1. The highest BCUT2D eigenvalue weighted by Crippen LogP contribution is 2.34. The van der Waals surface area contributed by atoms with E-state index in [1.807, 2.05) is 13.8 Å². The molecule has 2 N–H and O–H groups in total. The van der Waals surface area contributed by atoms with Gasteiger partial charge in [0.2, 0.25) is 11.8 Å². The van der Waals surface area contributed by atoms with Crippen LogP contribution in [0.2, 0.25) is 0 Å². The number of methoxy groups -OCH3 is 1. The van der Waals surface area contributed by atoms with Gasteiger partial charge in [0, 0.05) is 30.3 Å². The van der Waals surface area contributed by atoms with E-state index >= 15 is 0 Å². The second kappa shape index (κ2) is 9.46. The Morgan fingerprint density at radius 1 is 1.26 bits per heavy atom. The molecule has 0 bridgehead atoms. The largest absolute Gasteiger partial charge is 0.494 e. The Kier molecular flexibility index (Phi) is 6.60. The second-order valence-electron chi connectivity index (χ2n) is 8.43. The Morgan fingerprint density at radius 2 is 2.03 bits per heavy atom. The van der Waals surface area contributed by atoms with Crippen molar-refractivity contribution in [1.82, 2.24) is 4.72 Å². The van der Waals surface area contributed by atoms with Gasteiger partial charge < -0.3 is 15.0 Å². The molecule has 2 atom stereocenters. The maximum absolute atomic E-state index is 13.3. The quantitative estimate of drug-likeness (QED) is 0.627. The summed E-state index contributed by atoms with van der Waals surface area (Å²) in [7, 11) is -2.19. The summed E-state index contributed by atoms with van der Waals surface area (Å²) in [5.74, 6) is 0.182. The van der Waals surface area contributed by atoms with Gasteiger partial charge in [0.15, 0.2) is 0 Å². The third-order valence-corrected chi connectivity index (χ3v) is 7.59. The van der Waals surface area contributed by atoms with Gasteiger partial charge in [0.25, 0.3) is 10.0 Å². The van der Waals surface area contributed by atoms with Gasteiger partial charge in [-0.3, -0.25) is 19.3 Å². The number of rotatable bonds is 7. The van der Waals surface area contributed by atoms with Crippen LogP contribution in [0.3, 0.4) is 0 Å². The third-order valence-electron chi connectivity index (χ3n) is 6.19. The maximum Gasteiger partial charge on any atom is 0.263 e. The number of sulfonamides is 1. The molecule has 0 radical (unpaired) electrons. The molecule has 1 fully saturated rings. The molecular weight excluding hydrogens is 456 g/mol. The summed E-state index contributed by atoms with van der Waals surface area (Å²) in [5, 5.41) is 2.87. The molecule has 2 aliphatic heterocycles. The SMILES string of the molecule is CC[C@H](C)[C@H](N=C1NS(=O)(=O)c2ccccc21)C(=O)Nc1ccc(N2CCCC2=O)c(OC)c1.